The smallest absolute Gasteiger partial charge is 0.122 e. The Balaban J connectivity index is 1.97. The van der Waals surface area contributed by atoms with Crippen LogP contribution in [0.25, 0.3) is 33.5 Å². The predicted octanol–water partition coefficient (Wildman–Crippen LogP) is 3.71. The van der Waals surface area contributed by atoms with Crippen molar-refractivity contribution in [1.29, 1.82) is 5.41 Å². The molecule has 0 radical (unpaired) electrons. The van der Waals surface area contributed by atoms with Crippen LogP contribution in [0.5, 0.6) is 0 Å². The van der Waals surface area contributed by atoms with Crippen LogP contribution in [0.2, 0.25) is 0 Å². The fourth-order valence-electron chi connectivity index (χ4n) is 3.02. The van der Waals surface area contributed by atoms with Gasteiger partial charge in [-0.3, -0.25) is 5.41 Å². The molecule has 1 heterocycles. The van der Waals surface area contributed by atoms with Gasteiger partial charge in [0.25, 0.3) is 0 Å². The third kappa shape index (κ3) is 3.28. The number of amidine groups is 1. The van der Waals surface area contributed by atoms with E-state index >= 15 is 0 Å². The fourth-order valence-corrected chi connectivity index (χ4v) is 3.02. The highest BCUT2D eigenvalue weighted by molar-refractivity contribution is 5.98. The van der Waals surface area contributed by atoms with Crippen LogP contribution in [0.3, 0.4) is 0 Å². The first-order valence-corrected chi connectivity index (χ1v) is 8.66. The lowest BCUT2D eigenvalue weighted by molar-refractivity contribution is 1.07. The van der Waals surface area contributed by atoms with Crippen molar-refractivity contribution in [2.24, 2.45) is 11.5 Å². The number of nitrogen functional groups attached to an aromatic ring is 1. The van der Waals surface area contributed by atoms with Crippen molar-refractivity contribution in [1.82, 2.24) is 9.97 Å². The molecule has 0 aliphatic heterocycles. The maximum atomic E-state index is 7.66. The number of fused-ring (bicyclic) bond motifs is 1. The molecule has 0 saturated carbocycles. The topological polar surface area (TPSA) is 102 Å². The van der Waals surface area contributed by atoms with Crippen LogP contribution in [-0.2, 0) is 6.54 Å². The van der Waals surface area contributed by atoms with Crippen LogP contribution < -0.4 is 11.5 Å². The summed E-state index contributed by atoms with van der Waals surface area (Å²) in [5, 5.41) is 7.66. The Bertz CT molecular complexity index is 1120. The van der Waals surface area contributed by atoms with E-state index < -0.39 is 0 Å². The van der Waals surface area contributed by atoms with Crippen molar-refractivity contribution < 1.29 is 0 Å². The molecular formula is C22H19N5. The van der Waals surface area contributed by atoms with Gasteiger partial charge in [-0.1, -0.05) is 54.6 Å². The lowest BCUT2D eigenvalue weighted by atomic mass is 10.0. The van der Waals surface area contributed by atoms with Crippen molar-refractivity contribution in [2.75, 3.05) is 0 Å². The van der Waals surface area contributed by atoms with Crippen LogP contribution in [0.4, 0.5) is 0 Å². The highest BCUT2D eigenvalue weighted by Gasteiger charge is 2.14. The maximum absolute atomic E-state index is 7.66. The van der Waals surface area contributed by atoms with E-state index in [1.54, 1.807) is 12.1 Å². The molecule has 3 aromatic carbocycles. The van der Waals surface area contributed by atoms with Crippen molar-refractivity contribution >= 4 is 16.9 Å². The number of nitrogens with two attached hydrogens (primary N) is 2. The summed E-state index contributed by atoms with van der Waals surface area (Å²) in [6.45, 7) is 0.503. The first-order valence-electron chi connectivity index (χ1n) is 8.66. The van der Waals surface area contributed by atoms with E-state index in [1.807, 2.05) is 60.7 Å². The van der Waals surface area contributed by atoms with E-state index in [0.29, 0.717) is 17.6 Å². The van der Waals surface area contributed by atoms with Gasteiger partial charge in [-0.15, -0.1) is 0 Å². The Kier molecular flexibility index (Phi) is 4.36. The molecule has 0 spiro atoms. The third-order valence-corrected chi connectivity index (χ3v) is 4.49. The van der Waals surface area contributed by atoms with Gasteiger partial charge in [0, 0.05) is 23.2 Å². The Morgan fingerprint density at radius 2 is 1.41 bits per heavy atom. The Morgan fingerprint density at radius 3 is 2.04 bits per heavy atom. The Morgan fingerprint density at radius 1 is 0.778 bits per heavy atom. The lowest BCUT2D eigenvalue weighted by Crippen LogP contribution is -2.11. The quantitative estimate of drug-likeness (QED) is 0.384. The summed E-state index contributed by atoms with van der Waals surface area (Å²) < 4.78 is 0. The van der Waals surface area contributed by atoms with E-state index in [2.05, 4.69) is 0 Å². The van der Waals surface area contributed by atoms with Crippen LogP contribution in [0, 0.1) is 5.41 Å². The number of aromatic nitrogens is 2. The van der Waals surface area contributed by atoms with Gasteiger partial charge in [-0.05, 0) is 23.8 Å². The molecule has 0 unspecified atom stereocenters. The van der Waals surface area contributed by atoms with Gasteiger partial charge in [-0.25, -0.2) is 9.97 Å². The van der Waals surface area contributed by atoms with E-state index in [9.17, 15) is 0 Å². The summed E-state index contributed by atoms with van der Waals surface area (Å²) in [5.74, 6) is 0.0152. The molecule has 5 nitrogen and oxygen atoms in total. The molecular weight excluding hydrogens is 334 g/mol. The average Bonchev–Trinajstić information content (AvgIpc) is 2.73. The molecule has 0 amide bonds. The maximum Gasteiger partial charge on any atom is 0.122 e. The predicted molar refractivity (Wildman–Crippen MR) is 109 cm³/mol. The molecule has 0 saturated heterocycles. The Labute approximate surface area is 157 Å². The SMILES string of the molecule is N=C(N)c1ccc2nc(-c3ccc(CN)cc3)c(-c3ccccc3)nc2c1. The van der Waals surface area contributed by atoms with Crippen LogP contribution in [0.15, 0.2) is 72.8 Å². The zero-order valence-electron chi connectivity index (χ0n) is 14.7. The largest absolute Gasteiger partial charge is 0.384 e. The third-order valence-electron chi connectivity index (χ3n) is 4.49. The number of benzene rings is 3. The molecule has 5 heteroatoms. The number of rotatable bonds is 4. The van der Waals surface area contributed by atoms with E-state index in [0.717, 1.165) is 33.6 Å². The molecule has 0 atom stereocenters. The fraction of sp³-hybridized carbons (Fsp3) is 0.0455. The average molecular weight is 353 g/mol. The first kappa shape index (κ1) is 16.9. The normalized spacial score (nSPS) is 10.9. The van der Waals surface area contributed by atoms with Gasteiger partial charge in [0.1, 0.15) is 5.84 Å². The molecule has 4 aromatic rings. The molecule has 4 rings (SSSR count). The van der Waals surface area contributed by atoms with Gasteiger partial charge in [-0.2, -0.15) is 0 Å². The number of nitrogens with zero attached hydrogens (tertiary/aromatic N) is 2. The summed E-state index contributed by atoms with van der Waals surface area (Å²) in [6, 6.07) is 23.5. The van der Waals surface area contributed by atoms with Crippen molar-refractivity contribution in [3.05, 3.63) is 83.9 Å². The minimum absolute atomic E-state index is 0.0152. The minimum atomic E-state index is 0.0152. The van der Waals surface area contributed by atoms with Crippen LogP contribution in [0.1, 0.15) is 11.1 Å². The zero-order chi connectivity index (χ0) is 18.8. The molecule has 0 bridgehead atoms. The van der Waals surface area contributed by atoms with E-state index in [1.165, 1.54) is 0 Å². The number of hydrogen-bond donors (Lipinski definition) is 3. The molecule has 132 valence electrons. The van der Waals surface area contributed by atoms with Gasteiger partial charge in [0.2, 0.25) is 0 Å². The zero-order valence-corrected chi connectivity index (χ0v) is 14.7. The van der Waals surface area contributed by atoms with Crippen molar-refractivity contribution in [3.63, 3.8) is 0 Å². The monoisotopic (exact) mass is 353 g/mol. The second-order valence-corrected chi connectivity index (χ2v) is 6.31. The summed E-state index contributed by atoms with van der Waals surface area (Å²) in [5.41, 5.74) is 18.1. The summed E-state index contributed by atoms with van der Waals surface area (Å²) in [4.78, 5) is 9.74. The molecule has 0 fully saturated rings. The van der Waals surface area contributed by atoms with Crippen LogP contribution >= 0.6 is 0 Å². The van der Waals surface area contributed by atoms with Crippen LogP contribution in [-0.4, -0.2) is 15.8 Å². The highest BCUT2D eigenvalue weighted by Crippen LogP contribution is 2.31. The van der Waals surface area contributed by atoms with Gasteiger partial charge >= 0.3 is 0 Å². The van der Waals surface area contributed by atoms with Crippen molar-refractivity contribution in [3.8, 4) is 22.5 Å². The lowest BCUT2D eigenvalue weighted by Gasteiger charge is -2.11. The van der Waals surface area contributed by atoms with Gasteiger partial charge in [0.05, 0.1) is 22.4 Å². The highest BCUT2D eigenvalue weighted by atomic mass is 14.8. The van der Waals surface area contributed by atoms with Gasteiger partial charge < -0.3 is 11.5 Å². The van der Waals surface area contributed by atoms with E-state index in [4.69, 9.17) is 26.8 Å². The second kappa shape index (κ2) is 6.97. The van der Waals surface area contributed by atoms with Gasteiger partial charge in [0.15, 0.2) is 0 Å². The summed E-state index contributed by atoms with van der Waals surface area (Å²) in [7, 11) is 0. The molecule has 0 aliphatic rings. The van der Waals surface area contributed by atoms with Crippen molar-refractivity contribution in [2.45, 2.75) is 6.54 Å². The minimum Gasteiger partial charge on any atom is -0.384 e. The molecule has 5 N–H and O–H groups in total. The second-order valence-electron chi connectivity index (χ2n) is 6.31. The molecule has 1 aromatic heterocycles. The summed E-state index contributed by atoms with van der Waals surface area (Å²) in [6.07, 6.45) is 0. The first-order chi connectivity index (χ1) is 13.2. The molecule has 27 heavy (non-hydrogen) atoms. The Hall–Kier alpha value is -3.57. The number of nitrogens with one attached hydrogen (secondary N) is 1. The van der Waals surface area contributed by atoms with E-state index in [-0.39, 0.29) is 5.84 Å². The number of hydrogen-bond acceptors (Lipinski definition) is 4. The molecule has 0 aliphatic carbocycles. The summed E-state index contributed by atoms with van der Waals surface area (Å²) >= 11 is 0. The standard InChI is InChI=1S/C22H19N5/c23-13-14-6-8-16(9-7-14)21-20(15-4-2-1-3-5-15)27-19-12-17(22(24)25)10-11-18(19)26-21/h1-12H,13,23H2,(H3,24,25).